The highest BCUT2D eigenvalue weighted by Gasteiger charge is 2.52. The molecule has 0 radical (unpaired) electrons. The largest absolute Gasteiger partial charge is 0.456 e. The van der Waals surface area contributed by atoms with Gasteiger partial charge in [-0.15, -0.1) is 0 Å². The normalized spacial score (nSPS) is 15.2. The number of rotatable bonds is 3. The number of hydrogen-bond acceptors (Lipinski definition) is 2. The molecule has 1 aromatic heterocycles. The smallest absolute Gasteiger partial charge is 0.135 e. The van der Waals surface area contributed by atoms with Gasteiger partial charge in [-0.2, -0.15) is 0 Å². The van der Waals surface area contributed by atoms with Gasteiger partial charge in [0.15, 0.2) is 0 Å². The number of furan rings is 1. The Kier molecular flexibility index (Phi) is 5.73. The summed E-state index contributed by atoms with van der Waals surface area (Å²) in [5.41, 5.74) is 15.2. The summed E-state index contributed by atoms with van der Waals surface area (Å²) in [5, 5.41) is 7.32. The van der Waals surface area contributed by atoms with Crippen molar-refractivity contribution in [2.24, 2.45) is 0 Å². The number of para-hydroxylation sites is 2. The highest BCUT2D eigenvalue weighted by atomic mass is 16.3. The molecule has 2 aliphatic carbocycles. The van der Waals surface area contributed by atoms with Crippen LogP contribution in [0.25, 0.3) is 65.7 Å². The molecule has 0 saturated heterocycles. The number of hydrogen-bond donors (Lipinski definition) is 0. The van der Waals surface area contributed by atoms with E-state index in [0.29, 0.717) is 0 Å². The number of fused-ring (bicyclic) bond motifs is 16. The molecule has 2 aliphatic rings. The molecule has 0 aliphatic heterocycles. The molecule has 53 heavy (non-hydrogen) atoms. The van der Waals surface area contributed by atoms with Gasteiger partial charge >= 0.3 is 0 Å². The minimum absolute atomic E-state index is 0.492. The predicted molar refractivity (Wildman–Crippen MR) is 220 cm³/mol. The van der Waals surface area contributed by atoms with Crippen LogP contribution in [-0.4, -0.2) is 0 Å². The third-order valence-corrected chi connectivity index (χ3v) is 11.8. The van der Waals surface area contributed by atoms with Crippen molar-refractivity contribution in [1.29, 1.82) is 0 Å². The van der Waals surface area contributed by atoms with E-state index in [2.05, 4.69) is 181 Å². The summed E-state index contributed by atoms with van der Waals surface area (Å²) in [6.07, 6.45) is 0. The molecule has 0 saturated carbocycles. The molecular formula is C51H31NO. The van der Waals surface area contributed by atoms with Crippen LogP contribution in [0.2, 0.25) is 0 Å². The molecule has 9 aromatic carbocycles. The van der Waals surface area contributed by atoms with Gasteiger partial charge in [-0.05, 0) is 127 Å². The second-order valence-electron chi connectivity index (χ2n) is 14.4. The quantitative estimate of drug-likeness (QED) is 0.186. The van der Waals surface area contributed by atoms with Gasteiger partial charge in [-0.25, -0.2) is 0 Å². The first kappa shape index (κ1) is 28.8. The van der Waals surface area contributed by atoms with Crippen molar-refractivity contribution in [2.75, 3.05) is 4.90 Å². The molecule has 2 nitrogen and oxygen atoms in total. The first-order valence-electron chi connectivity index (χ1n) is 18.3. The van der Waals surface area contributed by atoms with Crippen molar-refractivity contribution in [3.63, 3.8) is 0 Å². The molecule has 1 spiro atoms. The van der Waals surface area contributed by atoms with Crippen LogP contribution in [0.3, 0.4) is 0 Å². The van der Waals surface area contributed by atoms with Crippen LogP contribution in [0.15, 0.2) is 192 Å². The second-order valence-corrected chi connectivity index (χ2v) is 14.4. The Morgan fingerprint density at radius 2 is 0.981 bits per heavy atom. The van der Waals surface area contributed by atoms with E-state index >= 15 is 0 Å². The van der Waals surface area contributed by atoms with Crippen molar-refractivity contribution in [2.45, 2.75) is 5.41 Å². The third-order valence-electron chi connectivity index (χ3n) is 11.8. The Morgan fingerprint density at radius 1 is 0.340 bits per heavy atom. The van der Waals surface area contributed by atoms with Gasteiger partial charge in [0.05, 0.1) is 5.41 Å². The maximum Gasteiger partial charge on any atom is 0.135 e. The van der Waals surface area contributed by atoms with Gasteiger partial charge in [0.2, 0.25) is 0 Å². The summed E-state index contributed by atoms with van der Waals surface area (Å²) in [5.74, 6) is 0. The third kappa shape index (κ3) is 3.82. The summed E-state index contributed by atoms with van der Waals surface area (Å²) in [6, 6.07) is 69.2. The zero-order valence-electron chi connectivity index (χ0n) is 28.8. The van der Waals surface area contributed by atoms with Crippen molar-refractivity contribution >= 4 is 60.5 Å². The average Bonchev–Trinajstić information content (AvgIpc) is 3.84. The SMILES string of the molecule is c1ccc(N(c2ccc3c(c2)C2(c4ccccc4-3)c3cc4ccccc4cc3-c3c2ccc2ccccc32)c2ccc3oc4ccccc4c3c2)cc1. The summed E-state index contributed by atoms with van der Waals surface area (Å²) in [7, 11) is 0. The second kappa shape index (κ2) is 10.6. The lowest BCUT2D eigenvalue weighted by atomic mass is 9.70. The standard InChI is InChI=1S/C51H31NO/c1-2-15-35(16-3-1)52(36-24-27-49-42(30-36)41-19-9-11-21-48(41)53-49)37-23-25-40-39-18-8-10-20-44(39)51(47(40)31-37)45-26-22-32-12-6-7-17-38(32)50(45)43-28-33-13-4-5-14-34(33)29-46(43)51/h1-31H. The molecule has 12 rings (SSSR count). The highest BCUT2D eigenvalue weighted by molar-refractivity contribution is 6.09. The average molecular weight is 674 g/mol. The Hall–Kier alpha value is -6.90. The van der Waals surface area contributed by atoms with Crippen molar-refractivity contribution in [3.05, 3.63) is 210 Å². The monoisotopic (exact) mass is 673 g/mol. The summed E-state index contributed by atoms with van der Waals surface area (Å²) in [4.78, 5) is 2.40. The van der Waals surface area contributed by atoms with Crippen molar-refractivity contribution in [3.8, 4) is 22.3 Å². The summed E-state index contributed by atoms with van der Waals surface area (Å²) < 4.78 is 6.27. The predicted octanol–water partition coefficient (Wildman–Crippen LogP) is 13.7. The van der Waals surface area contributed by atoms with E-state index in [0.717, 1.165) is 39.0 Å². The van der Waals surface area contributed by atoms with Crippen LogP contribution < -0.4 is 4.90 Å². The molecule has 0 fully saturated rings. The molecule has 1 atom stereocenters. The van der Waals surface area contributed by atoms with E-state index in [-0.39, 0.29) is 0 Å². The Labute approximate surface area is 306 Å². The number of nitrogens with zero attached hydrogens (tertiary/aromatic N) is 1. The summed E-state index contributed by atoms with van der Waals surface area (Å²) in [6.45, 7) is 0. The van der Waals surface area contributed by atoms with E-state index in [1.54, 1.807) is 0 Å². The number of anilines is 3. The van der Waals surface area contributed by atoms with Crippen molar-refractivity contribution < 1.29 is 4.42 Å². The fourth-order valence-electron chi connectivity index (χ4n) is 9.64. The topological polar surface area (TPSA) is 16.4 Å². The molecule has 10 aromatic rings. The Bertz CT molecular complexity index is 3140. The van der Waals surface area contributed by atoms with Gasteiger partial charge < -0.3 is 9.32 Å². The van der Waals surface area contributed by atoms with Crippen LogP contribution in [0.5, 0.6) is 0 Å². The van der Waals surface area contributed by atoms with Crippen LogP contribution >= 0.6 is 0 Å². The molecule has 0 N–H and O–H groups in total. The Balaban J connectivity index is 1.18. The fourth-order valence-corrected chi connectivity index (χ4v) is 9.64. The first-order chi connectivity index (χ1) is 26.3. The van der Waals surface area contributed by atoms with E-state index in [1.165, 1.54) is 66.1 Å². The Morgan fingerprint density at radius 3 is 1.87 bits per heavy atom. The maximum atomic E-state index is 6.27. The minimum atomic E-state index is -0.492. The lowest BCUT2D eigenvalue weighted by Crippen LogP contribution is -2.26. The van der Waals surface area contributed by atoms with Crippen LogP contribution in [0.4, 0.5) is 17.1 Å². The van der Waals surface area contributed by atoms with Gasteiger partial charge in [0.1, 0.15) is 11.2 Å². The molecule has 0 bridgehead atoms. The van der Waals surface area contributed by atoms with E-state index in [4.69, 9.17) is 4.42 Å². The van der Waals surface area contributed by atoms with Gasteiger partial charge in [-0.1, -0.05) is 127 Å². The van der Waals surface area contributed by atoms with E-state index in [1.807, 2.05) is 12.1 Å². The van der Waals surface area contributed by atoms with Crippen LogP contribution in [0, 0.1) is 0 Å². The highest BCUT2D eigenvalue weighted by Crippen LogP contribution is 2.64. The first-order valence-corrected chi connectivity index (χ1v) is 18.3. The zero-order chi connectivity index (χ0) is 34.7. The molecule has 0 amide bonds. The maximum absolute atomic E-state index is 6.27. The fraction of sp³-hybridized carbons (Fsp3) is 0.0196. The van der Waals surface area contributed by atoms with Gasteiger partial charge in [-0.3, -0.25) is 0 Å². The number of benzene rings is 9. The van der Waals surface area contributed by atoms with Gasteiger partial charge in [0, 0.05) is 27.8 Å². The summed E-state index contributed by atoms with van der Waals surface area (Å²) >= 11 is 0. The van der Waals surface area contributed by atoms with Crippen LogP contribution in [-0.2, 0) is 5.41 Å². The zero-order valence-corrected chi connectivity index (χ0v) is 28.8. The minimum Gasteiger partial charge on any atom is -0.456 e. The van der Waals surface area contributed by atoms with Gasteiger partial charge in [0.25, 0.3) is 0 Å². The van der Waals surface area contributed by atoms with E-state index in [9.17, 15) is 0 Å². The van der Waals surface area contributed by atoms with E-state index < -0.39 is 5.41 Å². The molecule has 246 valence electrons. The molecule has 1 unspecified atom stereocenters. The molecule has 1 heterocycles. The van der Waals surface area contributed by atoms with Crippen molar-refractivity contribution in [1.82, 2.24) is 0 Å². The van der Waals surface area contributed by atoms with Crippen LogP contribution in [0.1, 0.15) is 22.3 Å². The lowest BCUT2D eigenvalue weighted by Gasteiger charge is -2.32. The molecule has 2 heteroatoms. The lowest BCUT2D eigenvalue weighted by molar-refractivity contribution is 0.669. The molecular weight excluding hydrogens is 643 g/mol.